The fourth-order valence-electron chi connectivity index (χ4n) is 2.89. The molecule has 0 amide bonds. The van der Waals surface area contributed by atoms with Crippen LogP contribution in [0.4, 0.5) is 14.5 Å². The van der Waals surface area contributed by atoms with Crippen molar-refractivity contribution in [1.82, 2.24) is 15.0 Å². The van der Waals surface area contributed by atoms with E-state index >= 15 is 0 Å². The summed E-state index contributed by atoms with van der Waals surface area (Å²) in [6.45, 7) is 1.75. The zero-order valence-corrected chi connectivity index (χ0v) is 13.3. The van der Waals surface area contributed by atoms with Crippen LogP contribution in [0.1, 0.15) is 17.5 Å². The maximum absolute atomic E-state index is 13.1. The van der Waals surface area contributed by atoms with Crippen LogP contribution in [0.25, 0.3) is 0 Å². The fraction of sp³-hybridized carbons (Fsp3) is 0.222. The molecule has 0 bridgehead atoms. The first-order chi connectivity index (χ1) is 12.2. The minimum atomic E-state index is -0.354. The summed E-state index contributed by atoms with van der Waals surface area (Å²) in [7, 11) is 0. The summed E-state index contributed by atoms with van der Waals surface area (Å²) in [5, 5.41) is 8.33. The number of rotatable bonds is 4. The third kappa shape index (κ3) is 3.36. The molecule has 0 spiro atoms. The van der Waals surface area contributed by atoms with E-state index in [4.69, 9.17) is 4.74 Å². The third-order valence-electron chi connectivity index (χ3n) is 4.12. The molecule has 128 valence electrons. The lowest BCUT2D eigenvalue weighted by molar-refractivity contribution is 0.110. The van der Waals surface area contributed by atoms with Crippen molar-refractivity contribution in [2.75, 3.05) is 18.1 Å². The van der Waals surface area contributed by atoms with E-state index in [0.29, 0.717) is 25.4 Å². The SMILES string of the molecule is Fc1ccc(Cn2cc(C3OCCN3c3ccc(F)cc3)nn2)cc1. The van der Waals surface area contributed by atoms with Gasteiger partial charge in [0.05, 0.1) is 19.3 Å². The summed E-state index contributed by atoms with van der Waals surface area (Å²) in [6, 6.07) is 12.6. The number of ether oxygens (including phenoxy) is 1. The van der Waals surface area contributed by atoms with Crippen molar-refractivity contribution in [2.45, 2.75) is 12.8 Å². The van der Waals surface area contributed by atoms with E-state index in [-0.39, 0.29) is 17.9 Å². The second-order valence-corrected chi connectivity index (χ2v) is 5.86. The average molecular weight is 342 g/mol. The molecule has 5 nitrogen and oxygen atoms in total. The predicted octanol–water partition coefficient (Wildman–Crippen LogP) is 3.14. The van der Waals surface area contributed by atoms with Gasteiger partial charge in [-0.05, 0) is 42.0 Å². The third-order valence-corrected chi connectivity index (χ3v) is 4.12. The largest absolute Gasteiger partial charge is 0.350 e. The van der Waals surface area contributed by atoms with Gasteiger partial charge in [-0.2, -0.15) is 0 Å². The summed E-state index contributed by atoms with van der Waals surface area (Å²) < 4.78 is 33.6. The molecule has 0 saturated carbocycles. The van der Waals surface area contributed by atoms with E-state index < -0.39 is 0 Å². The van der Waals surface area contributed by atoms with Crippen LogP contribution in [0.15, 0.2) is 54.7 Å². The second-order valence-electron chi connectivity index (χ2n) is 5.86. The van der Waals surface area contributed by atoms with E-state index in [0.717, 1.165) is 11.3 Å². The molecular formula is C18H16F2N4O. The van der Waals surface area contributed by atoms with Gasteiger partial charge in [-0.1, -0.05) is 17.3 Å². The molecule has 0 aliphatic carbocycles. The van der Waals surface area contributed by atoms with Crippen LogP contribution in [0.3, 0.4) is 0 Å². The van der Waals surface area contributed by atoms with Crippen LogP contribution in [-0.4, -0.2) is 28.1 Å². The number of hydrogen-bond acceptors (Lipinski definition) is 4. The monoisotopic (exact) mass is 342 g/mol. The van der Waals surface area contributed by atoms with Gasteiger partial charge in [0.2, 0.25) is 0 Å². The lowest BCUT2D eigenvalue weighted by Crippen LogP contribution is -2.23. The average Bonchev–Trinajstić information content (AvgIpc) is 3.27. The van der Waals surface area contributed by atoms with Gasteiger partial charge in [-0.25, -0.2) is 13.5 Å². The summed E-state index contributed by atoms with van der Waals surface area (Å²) in [6.07, 6.45) is 1.46. The van der Waals surface area contributed by atoms with Crippen LogP contribution in [-0.2, 0) is 11.3 Å². The standard InChI is InChI=1S/C18H16F2N4O/c19-14-3-1-13(2-4-14)11-23-12-17(21-22-23)18-24(9-10-25-18)16-7-5-15(20)6-8-16/h1-8,12,18H,9-11H2. The van der Waals surface area contributed by atoms with E-state index in [2.05, 4.69) is 10.3 Å². The molecule has 0 N–H and O–H groups in total. The van der Waals surface area contributed by atoms with Gasteiger partial charge >= 0.3 is 0 Å². The lowest BCUT2D eigenvalue weighted by atomic mass is 10.2. The summed E-state index contributed by atoms with van der Waals surface area (Å²) in [4.78, 5) is 2.02. The molecule has 2 heterocycles. The molecule has 3 aromatic rings. The van der Waals surface area contributed by atoms with Gasteiger partial charge < -0.3 is 9.64 Å². The fourth-order valence-corrected chi connectivity index (χ4v) is 2.89. The van der Waals surface area contributed by atoms with Crippen molar-refractivity contribution in [1.29, 1.82) is 0 Å². The topological polar surface area (TPSA) is 43.2 Å². The maximum Gasteiger partial charge on any atom is 0.177 e. The molecule has 1 unspecified atom stereocenters. The van der Waals surface area contributed by atoms with Crippen molar-refractivity contribution in [3.8, 4) is 0 Å². The summed E-state index contributed by atoms with van der Waals surface area (Å²) in [5.41, 5.74) is 2.49. The molecule has 1 aliphatic rings. The Morgan fingerprint density at radius 1 is 1.00 bits per heavy atom. The number of anilines is 1. The minimum Gasteiger partial charge on any atom is -0.350 e. The molecule has 4 rings (SSSR count). The van der Waals surface area contributed by atoms with Crippen molar-refractivity contribution in [2.24, 2.45) is 0 Å². The quantitative estimate of drug-likeness (QED) is 0.731. The zero-order valence-electron chi connectivity index (χ0n) is 13.3. The van der Waals surface area contributed by atoms with Crippen molar-refractivity contribution in [3.63, 3.8) is 0 Å². The molecule has 1 saturated heterocycles. The Morgan fingerprint density at radius 3 is 2.40 bits per heavy atom. The Kier molecular flexibility index (Phi) is 4.15. The van der Waals surface area contributed by atoms with Gasteiger partial charge in [0, 0.05) is 12.2 Å². The van der Waals surface area contributed by atoms with Crippen LogP contribution in [0.2, 0.25) is 0 Å². The Balaban J connectivity index is 1.52. The van der Waals surface area contributed by atoms with Gasteiger partial charge in [0.1, 0.15) is 17.3 Å². The summed E-state index contributed by atoms with van der Waals surface area (Å²) in [5.74, 6) is -0.539. The normalized spacial score (nSPS) is 17.2. The van der Waals surface area contributed by atoms with E-state index in [9.17, 15) is 8.78 Å². The maximum atomic E-state index is 13.1. The number of nitrogens with zero attached hydrogens (tertiary/aromatic N) is 4. The Bertz CT molecular complexity index is 848. The van der Waals surface area contributed by atoms with Crippen LogP contribution < -0.4 is 4.90 Å². The minimum absolute atomic E-state index is 0.266. The highest BCUT2D eigenvalue weighted by atomic mass is 19.1. The first-order valence-corrected chi connectivity index (χ1v) is 7.97. The van der Waals surface area contributed by atoms with E-state index in [1.807, 2.05) is 11.1 Å². The number of halogens is 2. The first-order valence-electron chi connectivity index (χ1n) is 7.97. The Labute approximate surface area is 143 Å². The van der Waals surface area contributed by atoms with Gasteiger partial charge in [-0.15, -0.1) is 5.10 Å². The Hall–Kier alpha value is -2.80. The predicted molar refractivity (Wildman–Crippen MR) is 88.0 cm³/mol. The Morgan fingerprint density at radius 2 is 1.68 bits per heavy atom. The number of aromatic nitrogens is 3. The zero-order chi connectivity index (χ0) is 17.2. The van der Waals surface area contributed by atoms with Gasteiger partial charge in [0.15, 0.2) is 6.23 Å². The molecule has 0 radical (unpaired) electrons. The highest BCUT2D eigenvalue weighted by Crippen LogP contribution is 2.31. The smallest absolute Gasteiger partial charge is 0.177 e. The van der Waals surface area contributed by atoms with E-state index in [1.54, 1.807) is 28.9 Å². The van der Waals surface area contributed by atoms with E-state index in [1.165, 1.54) is 24.3 Å². The summed E-state index contributed by atoms with van der Waals surface area (Å²) >= 11 is 0. The molecule has 2 aromatic carbocycles. The van der Waals surface area contributed by atoms with Crippen LogP contribution in [0, 0.1) is 11.6 Å². The molecule has 1 atom stereocenters. The van der Waals surface area contributed by atoms with Gasteiger partial charge in [-0.3, -0.25) is 0 Å². The van der Waals surface area contributed by atoms with Crippen molar-refractivity contribution in [3.05, 3.63) is 77.6 Å². The first kappa shape index (κ1) is 15.7. The molecular weight excluding hydrogens is 326 g/mol. The lowest BCUT2D eigenvalue weighted by Gasteiger charge is -2.23. The van der Waals surface area contributed by atoms with Gasteiger partial charge in [0.25, 0.3) is 0 Å². The van der Waals surface area contributed by atoms with Crippen LogP contribution in [0.5, 0.6) is 0 Å². The van der Waals surface area contributed by atoms with Crippen molar-refractivity contribution >= 4 is 5.69 Å². The molecule has 1 aliphatic heterocycles. The molecule has 7 heteroatoms. The number of benzene rings is 2. The number of hydrogen-bond donors (Lipinski definition) is 0. The van der Waals surface area contributed by atoms with Crippen molar-refractivity contribution < 1.29 is 13.5 Å². The molecule has 1 aromatic heterocycles. The van der Waals surface area contributed by atoms with Crippen LogP contribution >= 0.6 is 0 Å². The second kappa shape index (κ2) is 6.60. The highest BCUT2D eigenvalue weighted by Gasteiger charge is 2.29. The molecule has 25 heavy (non-hydrogen) atoms. The highest BCUT2D eigenvalue weighted by molar-refractivity contribution is 5.48. The molecule has 1 fully saturated rings.